The third kappa shape index (κ3) is 4.61. The van der Waals surface area contributed by atoms with Crippen molar-refractivity contribution < 1.29 is 9.90 Å². The van der Waals surface area contributed by atoms with Crippen LogP contribution in [0.2, 0.25) is 4.34 Å². The van der Waals surface area contributed by atoms with Gasteiger partial charge in [-0.15, -0.1) is 11.3 Å². The van der Waals surface area contributed by atoms with Crippen LogP contribution in [0.5, 0.6) is 0 Å². The van der Waals surface area contributed by atoms with Crippen LogP contribution in [0.1, 0.15) is 20.8 Å². The van der Waals surface area contributed by atoms with Crippen LogP contribution in [0.3, 0.4) is 0 Å². The minimum absolute atomic E-state index is 0.166. The van der Waals surface area contributed by atoms with Crippen molar-refractivity contribution in [3.05, 3.63) is 56.7 Å². The highest BCUT2D eigenvalue weighted by molar-refractivity contribution is 7.16. The van der Waals surface area contributed by atoms with Crippen molar-refractivity contribution in [1.29, 1.82) is 0 Å². The van der Waals surface area contributed by atoms with Gasteiger partial charge in [-0.1, -0.05) is 35.6 Å². The molecule has 0 unspecified atom stereocenters. The quantitative estimate of drug-likeness (QED) is 0.851. The summed E-state index contributed by atoms with van der Waals surface area (Å²) >= 11 is 7.38. The Morgan fingerprint density at radius 2 is 2.10 bits per heavy atom. The minimum Gasteiger partial charge on any atom is -0.384 e. The molecule has 108 valence electrons. The summed E-state index contributed by atoms with van der Waals surface area (Å²) < 4.78 is 0.751. The fraction of sp³-hybridized carbons (Fsp3) is 0.188. The first-order valence-electron chi connectivity index (χ1n) is 6.42. The Morgan fingerprint density at radius 3 is 2.81 bits per heavy atom. The lowest BCUT2D eigenvalue weighted by Gasteiger charge is -2.06. The zero-order valence-corrected chi connectivity index (χ0v) is 12.8. The molecule has 0 bridgehead atoms. The molecule has 1 aromatic carbocycles. The molecule has 1 heterocycles. The van der Waals surface area contributed by atoms with E-state index in [1.54, 1.807) is 18.2 Å². The van der Waals surface area contributed by atoms with E-state index in [4.69, 9.17) is 16.7 Å². The summed E-state index contributed by atoms with van der Waals surface area (Å²) in [6, 6.07) is 10.9. The number of halogens is 1. The molecular weight excluding hydrogens is 306 g/mol. The SMILES string of the molecule is O=C(NCCc1ccc(Cl)s1)c1ccccc1C#CCO. The highest BCUT2D eigenvalue weighted by Gasteiger charge is 2.09. The average Bonchev–Trinajstić information content (AvgIpc) is 2.91. The van der Waals surface area contributed by atoms with Gasteiger partial charge in [0, 0.05) is 17.0 Å². The molecule has 0 aliphatic rings. The normalized spacial score (nSPS) is 9.81. The fourth-order valence-corrected chi connectivity index (χ4v) is 2.89. The van der Waals surface area contributed by atoms with Crippen molar-refractivity contribution in [3.63, 3.8) is 0 Å². The second kappa shape index (κ2) is 7.84. The largest absolute Gasteiger partial charge is 0.384 e. The van der Waals surface area contributed by atoms with Crippen molar-refractivity contribution in [2.45, 2.75) is 6.42 Å². The van der Waals surface area contributed by atoms with Gasteiger partial charge < -0.3 is 10.4 Å². The van der Waals surface area contributed by atoms with Gasteiger partial charge in [0.2, 0.25) is 0 Å². The molecule has 0 radical (unpaired) electrons. The predicted molar refractivity (Wildman–Crippen MR) is 85.8 cm³/mol. The summed E-state index contributed by atoms with van der Waals surface area (Å²) in [5.74, 6) is 5.17. The smallest absolute Gasteiger partial charge is 0.252 e. The molecule has 0 saturated heterocycles. The van der Waals surface area contributed by atoms with Gasteiger partial charge in [-0.2, -0.15) is 0 Å². The van der Waals surface area contributed by atoms with E-state index in [1.165, 1.54) is 11.3 Å². The van der Waals surface area contributed by atoms with E-state index in [0.29, 0.717) is 17.7 Å². The molecule has 2 aromatic rings. The molecule has 0 saturated carbocycles. The molecule has 0 spiro atoms. The van der Waals surface area contributed by atoms with Crippen molar-refractivity contribution >= 4 is 28.8 Å². The summed E-state index contributed by atoms with van der Waals surface area (Å²) in [7, 11) is 0. The van der Waals surface area contributed by atoms with E-state index < -0.39 is 0 Å². The van der Waals surface area contributed by atoms with Gasteiger partial charge >= 0.3 is 0 Å². The molecule has 0 aliphatic heterocycles. The van der Waals surface area contributed by atoms with Gasteiger partial charge in [-0.25, -0.2) is 0 Å². The molecular formula is C16H14ClNO2S. The van der Waals surface area contributed by atoms with Gasteiger partial charge in [-0.3, -0.25) is 4.79 Å². The number of carbonyl (C=O) groups is 1. The number of benzene rings is 1. The summed E-state index contributed by atoms with van der Waals surface area (Å²) in [4.78, 5) is 13.3. The van der Waals surface area contributed by atoms with Gasteiger partial charge in [0.1, 0.15) is 6.61 Å². The third-order valence-corrected chi connectivity index (χ3v) is 4.05. The zero-order chi connectivity index (χ0) is 15.1. The first-order valence-corrected chi connectivity index (χ1v) is 7.61. The minimum atomic E-state index is -0.227. The molecule has 0 fully saturated rings. The molecule has 0 atom stereocenters. The summed E-state index contributed by atoms with van der Waals surface area (Å²) in [6.45, 7) is 0.312. The Hall–Kier alpha value is -1.80. The van der Waals surface area contributed by atoms with Crippen LogP contribution >= 0.6 is 22.9 Å². The topological polar surface area (TPSA) is 49.3 Å². The number of hydrogen-bond donors (Lipinski definition) is 2. The second-order valence-electron chi connectivity index (χ2n) is 4.22. The number of hydrogen-bond acceptors (Lipinski definition) is 3. The van der Waals surface area contributed by atoms with E-state index >= 15 is 0 Å². The lowest BCUT2D eigenvalue weighted by molar-refractivity contribution is 0.0954. The maximum Gasteiger partial charge on any atom is 0.252 e. The average molecular weight is 320 g/mol. The second-order valence-corrected chi connectivity index (χ2v) is 6.02. The number of thiophene rings is 1. The Bertz CT molecular complexity index is 685. The Kier molecular flexibility index (Phi) is 5.82. The Morgan fingerprint density at radius 1 is 1.29 bits per heavy atom. The maximum absolute atomic E-state index is 12.2. The van der Waals surface area contributed by atoms with Crippen LogP contribution in [-0.4, -0.2) is 24.2 Å². The lowest BCUT2D eigenvalue weighted by atomic mass is 10.1. The zero-order valence-electron chi connectivity index (χ0n) is 11.2. The van der Waals surface area contributed by atoms with Crippen LogP contribution in [0.15, 0.2) is 36.4 Å². The van der Waals surface area contributed by atoms with Gasteiger partial charge in [-0.05, 0) is 30.7 Å². The third-order valence-electron chi connectivity index (χ3n) is 2.76. The molecule has 0 aliphatic carbocycles. The van der Waals surface area contributed by atoms with Crippen molar-refractivity contribution in [2.75, 3.05) is 13.2 Å². The van der Waals surface area contributed by atoms with Crippen LogP contribution in [-0.2, 0) is 6.42 Å². The first kappa shape index (κ1) is 15.6. The Labute approximate surface area is 132 Å². The fourth-order valence-electron chi connectivity index (χ4n) is 1.81. The maximum atomic E-state index is 12.2. The summed E-state index contributed by atoms with van der Waals surface area (Å²) in [5, 5.41) is 11.6. The molecule has 1 aromatic heterocycles. The number of carbonyl (C=O) groups excluding carboxylic acids is 1. The monoisotopic (exact) mass is 319 g/mol. The highest BCUT2D eigenvalue weighted by Crippen LogP contribution is 2.21. The molecule has 3 nitrogen and oxygen atoms in total. The van der Waals surface area contributed by atoms with E-state index in [9.17, 15) is 4.79 Å². The van der Waals surface area contributed by atoms with Crippen LogP contribution in [0, 0.1) is 11.8 Å². The highest BCUT2D eigenvalue weighted by atomic mass is 35.5. The molecule has 21 heavy (non-hydrogen) atoms. The van der Waals surface area contributed by atoms with Gasteiger partial charge in [0.15, 0.2) is 0 Å². The van der Waals surface area contributed by atoms with E-state index in [0.717, 1.165) is 15.6 Å². The number of rotatable bonds is 4. The molecule has 2 N–H and O–H groups in total. The molecule has 5 heteroatoms. The number of aliphatic hydroxyl groups is 1. The van der Waals surface area contributed by atoms with Crippen LogP contribution in [0.25, 0.3) is 0 Å². The molecule has 1 amide bonds. The summed E-state index contributed by atoms with van der Waals surface area (Å²) in [6.07, 6.45) is 0.744. The van der Waals surface area contributed by atoms with Gasteiger partial charge in [0.25, 0.3) is 5.91 Å². The summed E-state index contributed by atoms with van der Waals surface area (Å²) in [5.41, 5.74) is 1.13. The van der Waals surface area contributed by atoms with Crippen LogP contribution < -0.4 is 5.32 Å². The Balaban J connectivity index is 1.97. The standard InChI is InChI=1S/C16H14ClNO2S/c17-15-8-7-13(21-15)9-10-18-16(20)14-6-2-1-4-12(14)5-3-11-19/h1-2,4,6-8,19H,9-11H2,(H,18,20). The van der Waals surface area contributed by atoms with Crippen molar-refractivity contribution in [3.8, 4) is 11.8 Å². The number of nitrogens with one attached hydrogen (secondary N) is 1. The van der Waals surface area contributed by atoms with E-state index in [1.807, 2.05) is 18.2 Å². The van der Waals surface area contributed by atoms with E-state index in [-0.39, 0.29) is 12.5 Å². The predicted octanol–water partition coefficient (Wildman–Crippen LogP) is 2.72. The van der Waals surface area contributed by atoms with Crippen molar-refractivity contribution in [2.24, 2.45) is 0 Å². The molecule has 2 rings (SSSR count). The number of aliphatic hydroxyl groups excluding tert-OH is 1. The van der Waals surface area contributed by atoms with Gasteiger partial charge in [0.05, 0.1) is 9.90 Å². The first-order chi connectivity index (χ1) is 10.2. The van der Waals surface area contributed by atoms with Crippen molar-refractivity contribution in [1.82, 2.24) is 5.32 Å². The van der Waals surface area contributed by atoms with Crippen LogP contribution in [0.4, 0.5) is 0 Å². The lowest BCUT2D eigenvalue weighted by Crippen LogP contribution is -2.26. The number of amides is 1. The van der Waals surface area contributed by atoms with E-state index in [2.05, 4.69) is 17.2 Å².